The van der Waals surface area contributed by atoms with E-state index in [0.29, 0.717) is 7.25 Å². The quantitative estimate of drug-likeness (QED) is 0.596. The van der Waals surface area contributed by atoms with Gasteiger partial charge >= 0.3 is 154 Å². The zero-order chi connectivity index (χ0) is 16.8. The van der Waals surface area contributed by atoms with Gasteiger partial charge in [-0.05, 0) is 0 Å². The summed E-state index contributed by atoms with van der Waals surface area (Å²) in [6.45, 7) is 9.36. The van der Waals surface area contributed by atoms with Gasteiger partial charge in [0.25, 0.3) is 0 Å². The maximum absolute atomic E-state index is 2.58. The maximum Gasteiger partial charge on any atom is -1.00 e. The van der Waals surface area contributed by atoms with Crippen LogP contribution in [0, 0.1) is 0 Å². The number of allylic oxidation sites excluding steroid dienone is 4. The Morgan fingerprint density at radius 1 is 0.692 bits per heavy atom. The second kappa shape index (κ2) is 8.51. The van der Waals surface area contributed by atoms with Gasteiger partial charge in [-0.3, -0.25) is 0 Å². The van der Waals surface area contributed by atoms with Crippen LogP contribution in [0.4, 0.5) is 0 Å². The first-order chi connectivity index (χ1) is 11.6. The Morgan fingerprint density at radius 3 is 1.46 bits per heavy atom. The van der Waals surface area contributed by atoms with Gasteiger partial charge in [0.05, 0.1) is 0 Å². The molecule has 0 heterocycles. The summed E-state index contributed by atoms with van der Waals surface area (Å²) in [5.41, 5.74) is 9.08. The van der Waals surface area contributed by atoms with Crippen molar-refractivity contribution in [3.8, 4) is 0 Å². The Hall–Kier alpha value is -0.747. The van der Waals surface area contributed by atoms with Crippen molar-refractivity contribution in [2.24, 2.45) is 0 Å². The van der Waals surface area contributed by atoms with E-state index < -0.39 is 21.3 Å². The Balaban J connectivity index is 0.00000121. The van der Waals surface area contributed by atoms with E-state index >= 15 is 0 Å². The second-order valence-electron chi connectivity index (χ2n) is 7.28. The predicted octanol–water partition coefficient (Wildman–Crippen LogP) is 0.141. The topological polar surface area (TPSA) is 0 Å². The van der Waals surface area contributed by atoms with E-state index in [9.17, 15) is 0 Å². The number of hydrogen-bond acceptors (Lipinski definition) is 0. The molecule has 134 valence electrons. The first kappa shape index (κ1) is 21.6. The van der Waals surface area contributed by atoms with Crippen molar-refractivity contribution in [3.63, 3.8) is 0 Å². The van der Waals surface area contributed by atoms with E-state index in [1.165, 1.54) is 22.3 Å². The van der Waals surface area contributed by atoms with Gasteiger partial charge in [-0.25, -0.2) is 0 Å². The number of halogens is 2. The molecule has 2 atom stereocenters. The second-order valence-corrected chi connectivity index (χ2v) is 15.0. The zero-order valence-corrected chi connectivity index (χ0v) is 19.7. The first-order valence-electron chi connectivity index (χ1n) is 8.80. The molecule has 0 aromatic heterocycles. The molecular weight excluding hydrogens is 438 g/mol. The monoisotopic (exact) mass is 460 g/mol. The number of rotatable bonds is 2. The van der Waals surface area contributed by atoms with Crippen LogP contribution >= 0.6 is 0 Å². The number of fused-ring (bicyclic) bond motifs is 2. The van der Waals surface area contributed by atoms with Crippen LogP contribution in [0.25, 0.3) is 11.1 Å². The normalized spacial score (nSPS) is 19.0. The number of benzene rings is 2. The van der Waals surface area contributed by atoms with Crippen LogP contribution in [0.5, 0.6) is 0 Å². The minimum atomic E-state index is -1.91. The molecule has 0 bridgehead atoms. The SMILES string of the molecule is CC1=C[CH]([Zr+2](=[C](C)C)[CH]2C=C(C)c3ccccc32)c2ccccc21.[Cl-].[Cl-]. The third-order valence-electron chi connectivity index (χ3n) is 5.52. The van der Waals surface area contributed by atoms with E-state index in [0.717, 1.165) is 0 Å². The summed E-state index contributed by atoms with van der Waals surface area (Å²) in [7, 11) is 0. The predicted molar refractivity (Wildman–Crippen MR) is 102 cm³/mol. The maximum atomic E-state index is 2.58. The van der Waals surface area contributed by atoms with Gasteiger partial charge in [0.1, 0.15) is 0 Å². The summed E-state index contributed by atoms with van der Waals surface area (Å²) in [4.78, 5) is 0. The van der Waals surface area contributed by atoms with Crippen LogP contribution in [0.2, 0.25) is 0 Å². The summed E-state index contributed by atoms with van der Waals surface area (Å²) < 4.78 is 3.07. The summed E-state index contributed by atoms with van der Waals surface area (Å²) in [5.74, 6) is 0. The largest absolute Gasteiger partial charge is 1.00 e. The Labute approximate surface area is 177 Å². The van der Waals surface area contributed by atoms with Crippen LogP contribution < -0.4 is 24.8 Å². The molecule has 0 aliphatic heterocycles. The molecule has 0 saturated carbocycles. The minimum Gasteiger partial charge on any atom is -1.00 e. The van der Waals surface area contributed by atoms with Crippen molar-refractivity contribution in [1.29, 1.82) is 0 Å². The molecule has 0 nitrogen and oxygen atoms in total. The van der Waals surface area contributed by atoms with Crippen LogP contribution in [0.1, 0.15) is 57.2 Å². The molecule has 26 heavy (non-hydrogen) atoms. The van der Waals surface area contributed by atoms with Crippen molar-refractivity contribution in [2.45, 2.75) is 34.9 Å². The molecule has 0 N–H and O–H groups in total. The molecule has 2 unspecified atom stereocenters. The van der Waals surface area contributed by atoms with Crippen molar-refractivity contribution >= 4 is 14.4 Å². The van der Waals surface area contributed by atoms with Crippen LogP contribution in [-0.4, -0.2) is 3.21 Å². The fraction of sp³-hybridized carbons (Fsp3) is 0.261. The Morgan fingerprint density at radius 2 is 1.08 bits per heavy atom. The van der Waals surface area contributed by atoms with Crippen LogP contribution in [-0.2, 0) is 21.3 Å². The molecule has 0 radical (unpaired) electrons. The first-order valence-corrected chi connectivity index (χ1v) is 12.9. The zero-order valence-electron chi connectivity index (χ0n) is 15.7. The van der Waals surface area contributed by atoms with Gasteiger partial charge in [0, 0.05) is 0 Å². The van der Waals surface area contributed by atoms with E-state index in [4.69, 9.17) is 0 Å². The van der Waals surface area contributed by atoms with Gasteiger partial charge in [-0.1, -0.05) is 0 Å². The van der Waals surface area contributed by atoms with Crippen molar-refractivity contribution in [3.05, 3.63) is 82.9 Å². The Bertz CT molecular complexity index is 848. The average Bonchev–Trinajstić information content (AvgIpc) is 3.08. The molecule has 2 aliphatic carbocycles. The standard InChI is InChI=1S/2C10H9.C3H6.2ClH.Zr/c2*1-8-6-7-9-4-2-3-5-10(8)9;1-3-2;;;/h2*2-7H,1H3;1-2H3;2*1H;/q;;;;;+2/p-2. The molecule has 2 aromatic carbocycles. The van der Waals surface area contributed by atoms with E-state index in [1.807, 2.05) is 0 Å². The molecule has 0 amide bonds. The number of hydrogen-bond donors (Lipinski definition) is 0. The van der Waals surface area contributed by atoms with Crippen molar-refractivity contribution in [1.82, 2.24) is 0 Å². The fourth-order valence-electron chi connectivity index (χ4n) is 4.44. The van der Waals surface area contributed by atoms with E-state index in [2.05, 4.69) is 88.4 Å². The van der Waals surface area contributed by atoms with Crippen molar-refractivity contribution < 1.29 is 46.1 Å². The van der Waals surface area contributed by atoms with Crippen LogP contribution in [0.3, 0.4) is 0 Å². The molecule has 2 aromatic rings. The summed E-state index contributed by atoms with van der Waals surface area (Å²) >= 11 is -1.91. The fourth-order valence-corrected chi connectivity index (χ4v) is 13.4. The molecule has 4 rings (SSSR count). The average molecular weight is 463 g/mol. The molecule has 0 spiro atoms. The third kappa shape index (κ3) is 3.51. The van der Waals surface area contributed by atoms with Crippen LogP contribution in [0.15, 0.2) is 60.7 Å². The molecule has 0 fully saturated rings. The van der Waals surface area contributed by atoms with Gasteiger partial charge in [-0.15, -0.1) is 0 Å². The molecule has 3 heteroatoms. The summed E-state index contributed by atoms with van der Waals surface area (Å²) in [5, 5.41) is 0. The molecular formula is C23H24Cl2Zr. The summed E-state index contributed by atoms with van der Waals surface area (Å²) in [6, 6.07) is 18.1. The summed E-state index contributed by atoms with van der Waals surface area (Å²) in [6.07, 6.45) is 5.16. The van der Waals surface area contributed by atoms with E-state index in [-0.39, 0.29) is 24.8 Å². The molecule has 0 saturated heterocycles. The smallest absolute Gasteiger partial charge is 1.00 e. The van der Waals surface area contributed by atoms with Gasteiger partial charge in [0.2, 0.25) is 0 Å². The van der Waals surface area contributed by atoms with Crippen molar-refractivity contribution in [2.75, 3.05) is 0 Å². The Kier molecular flexibility index (Phi) is 7.05. The van der Waals surface area contributed by atoms with E-state index in [1.54, 1.807) is 14.3 Å². The van der Waals surface area contributed by atoms with Gasteiger partial charge in [0.15, 0.2) is 0 Å². The minimum absolute atomic E-state index is 0. The third-order valence-corrected chi connectivity index (χ3v) is 14.0. The van der Waals surface area contributed by atoms with Gasteiger partial charge < -0.3 is 24.8 Å². The molecule has 2 aliphatic rings. The van der Waals surface area contributed by atoms with Gasteiger partial charge in [-0.2, -0.15) is 0 Å².